The first-order valence-corrected chi connectivity index (χ1v) is 9.13. The Hall–Kier alpha value is -2.98. The fourth-order valence-corrected chi connectivity index (χ4v) is 3.98. The minimum absolute atomic E-state index is 0.155. The quantitative estimate of drug-likeness (QED) is 0.552. The van der Waals surface area contributed by atoms with E-state index in [2.05, 4.69) is 15.1 Å². The van der Waals surface area contributed by atoms with E-state index in [9.17, 15) is 18.7 Å². The molecule has 3 heterocycles. The molecule has 4 rings (SSSR count). The van der Waals surface area contributed by atoms with Crippen LogP contribution in [0, 0.1) is 18.6 Å². The van der Waals surface area contributed by atoms with E-state index in [4.69, 9.17) is 0 Å². The molecule has 0 saturated heterocycles. The number of hydrogen-bond acceptors (Lipinski definition) is 6. The second-order valence-corrected chi connectivity index (χ2v) is 7.74. The number of benzene rings is 1. The van der Waals surface area contributed by atoms with Crippen LogP contribution >= 0.6 is 11.3 Å². The Morgan fingerprint density at radius 2 is 2.04 bits per heavy atom. The highest BCUT2D eigenvalue weighted by molar-refractivity contribution is 7.18. The highest BCUT2D eigenvalue weighted by Crippen LogP contribution is 2.28. The molecule has 0 aliphatic carbocycles. The molecule has 3 aromatic heterocycles. The van der Waals surface area contributed by atoms with Gasteiger partial charge in [-0.05, 0) is 19.1 Å². The number of rotatable bonds is 5. The van der Waals surface area contributed by atoms with Crippen molar-refractivity contribution in [1.82, 2.24) is 24.3 Å². The van der Waals surface area contributed by atoms with Crippen LogP contribution in [-0.2, 0) is 18.7 Å². The average molecular weight is 403 g/mol. The second kappa shape index (κ2) is 6.88. The topological polar surface area (TPSA) is 85.8 Å². The van der Waals surface area contributed by atoms with Gasteiger partial charge < -0.3 is 5.11 Å². The monoisotopic (exact) mass is 403 g/mol. The molecule has 0 spiro atoms. The maximum absolute atomic E-state index is 14.5. The highest BCUT2D eigenvalue weighted by atomic mass is 32.1. The molecular formula is C18H15F2N5O2S. The molecule has 0 aliphatic rings. The number of nitrogens with zero attached hydrogens (tertiary/aromatic N) is 5. The van der Waals surface area contributed by atoms with Crippen molar-refractivity contribution >= 4 is 21.6 Å². The van der Waals surface area contributed by atoms with E-state index in [1.54, 1.807) is 6.07 Å². The fourth-order valence-electron chi connectivity index (χ4n) is 3.14. The van der Waals surface area contributed by atoms with Crippen molar-refractivity contribution in [3.8, 4) is 0 Å². The van der Waals surface area contributed by atoms with Gasteiger partial charge in [-0.2, -0.15) is 5.10 Å². The standard InChI is InChI=1S/C18H15F2N5O2S/c1-11-4-13-16(28-11)22-10-24(17(13)26)6-18(27,7-25-9-21-8-23-25)14-3-2-12(19)5-15(14)20/h2-5,8-10,27H,6-7H2,1H3. The van der Waals surface area contributed by atoms with Gasteiger partial charge in [0.2, 0.25) is 0 Å². The van der Waals surface area contributed by atoms with Crippen molar-refractivity contribution in [2.45, 2.75) is 25.6 Å². The molecule has 1 aromatic carbocycles. The molecule has 144 valence electrons. The number of halogens is 2. The molecule has 1 atom stereocenters. The summed E-state index contributed by atoms with van der Waals surface area (Å²) in [4.78, 5) is 22.4. The lowest BCUT2D eigenvalue weighted by atomic mass is 9.92. The normalized spacial score (nSPS) is 13.7. The Bertz CT molecular complexity index is 1200. The van der Waals surface area contributed by atoms with E-state index in [1.807, 2.05) is 6.92 Å². The molecule has 28 heavy (non-hydrogen) atoms. The zero-order valence-electron chi connectivity index (χ0n) is 14.7. The first-order chi connectivity index (χ1) is 13.4. The molecule has 0 amide bonds. The Labute approximate surface area is 161 Å². The fraction of sp³-hybridized carbons (Fsp3) is 0.222. The maximum Gasteiger partial charge on any atom is 0.262 e. The second-order valence-electron chi connectivity index (χ2n) is 6.50. The summed E-state index contributed by atoms with van der Waals surface area (Å²) in [6.45, 7) is 1.37. The largest absolute Gasteiger partial charge is 0.381 e. The summed E-state index contributed by atoms with van der Waals surface area (Å²) in [7, 11) is 0. The smallest absolute Gasteiger partial charge is 0.262 e. The maximum atomic E-state index is 14.5. The summed E-state index contributed by atoms with van der Waals surface area (Å²) >= 11 is 1.39. The van der Waals surface area contributed by atoms with Gasteiger partial charge in [-0.3, -0.25) is 9.36 Å². The van der Waals surface area contributed by atoms with Gasteiger partial charge in [0.15, 0.2) is 0 Å². The summed E-state index contributed by atoms with van der Waals surface area (Å²) in [5, 5.41) is 15.7. The van der Waals surface area contributed by atoms with Crippen LogP contribution in [0.25, 0.3) is 10.2 Å². The van der Waals surface area contributed by atoms with Crippen LogP contribution in [-0.4, -0.2) is 29.4 Å². The molecule has 1 N–H and O–H groups in total. The van der Waals surface area contributed by atoms with Crippen LogP contribution in [0.4, 0.5) is 8.78 Å². The Morgan fingerprint density at radius 1 is 1.21 bits per heavy atom. The van der Waals surface area contributed by atoms with Gasteiger partial charge >= 0.3 is 0 Å². The summed E-state index contributed by atoms with van der Waals surface area (Å²) < 4.78 is 30.4. The van der Waals surface area contributed by atoms with E-state index in [-0.39, 0.29) is 24.2 Å². The molecule has 4 aromatic rings. The van der Waals surface area contributed by atoms with Crippen molar-refractivity contribution in [1.29, 1.82) is 0 Å². The molecular weight excluding hydrogens is 388 g/mol. The van der Waals surface area contributed by atoms with Gasteiger partial charge in [-0.1, -0.05) is 6.07 Å². The van der Waals surface area contributed by atoms with Gasteiger partial charge in [0.1, 0.15) is 34.7 Å². The lowest BCUT2D eigenvalue weighted by molar-refractivity contribution is -0.00640. The first kappa shape index (κ1) is 18.4. The minimum Gasteiger partial charge on any atom is -0.381 e. The molecule has 10 heteroatoms. The van der Waals surface area contributed by atoms with E-state index in [0.717, 1.165) is 17.0 Å². The third-order valence-electron chi connectivity index (χ3n) is 4.40. The van der Waals surface area contributed by atoms with Crippen LogP contribution in [0.5, 0.6) is 0 Å². The molecule has 0 aliphatic heterocycles. The zero-order valence-corrected chi connectivity index (χ0v) is 15.5. The van der Waals surface area contributed by atoms with Crippen molar-refractivity contribution in [2.75, 3.05) is 0 Å². The van der Waals surface area contributed by atoms with Gasteiger partial charge in [-0.15, -0.1) is 11.3 Å². The first-order valence-electron chi connectivity index (χ1n) is 8.32. The van der Waals surface area contributed by atoms with Crippen molar-refractivity contribution in [3.63, 3.8) is 0 Å². The van der Waals surface area contributed by atoms with Crippen LogP contribution in [0.2, 0.25) is 0 Å². The lowest BCUT2D eigenvalue weighted by Crippen LogP contribution is -2.40. The summed E-state index contributed by atoms with van der Waals surface area (Å²) in [6.07, 6.45) is 3.95. The van der Waals surface area contributed by atoms with Crippen molar-refractivity contribution < 1.29 is 13.9 Å². The Balaban J connectivity index is 1.82. The molecule has 0 bridgehead atoms. The predicted molar refractivity (Wildman–Crippen MR) is 98.9 cm³/mol. The molecule has 7 nitrogen and oxygen atoms in total. The third-order valence-corrected chi connectivity index (χ3v) is 5.35. The van der Waals surface area contributed by atoms with E-state index >= 15 is 0 Å². The SMILES string of the molecule is Cc1cc2c(=O)n(CC(O)(Cn3cncn3)c3ccc(F)cc3F)cnc2s1. The van der Waals surface area contributed by atoms with Crippen LogP contribution in [0.1, 0.15) is 10.4 Å². The molecule has 0 fully saturated rings. The average Bonchev–Trinajstić information content (AvgIpc) is 3.26. The summed E-state index contributed by atoms with van der Waals surface area (Å²) in [6, 6.07) is 4.62. The van der Waals surface area contributed by atoms with Gasteiger partial charge in [0, 0.05) is 16.5 Å². The molecule has 1 unspecified atom stereocenters. The summed E-state index contributed by atoms with van der Waals surface area (Å²) in [5.41, 5.74) is -2.40. The molecule has 0 saturated carbocycles. The summed E-state index contributed by atoms with van der Waals surface area (Å²) in [5.74, 6) is -1.69. The van der Waals surface area contributed by atoms with Gasteiger partial charge in [0.25, 0.3) is 5.56 Å². The van der Waals surface area contributed by atoms with E-state index < -0.39 is 17.2 Å². The Kier molecular flexibility index (Phi) is 4.52. The number of aryl methyl sites for hydroxylation is 1. The van der Waals surface area contributed by atoms with E-state index in [0.29, 0.717) is 16.3 Å². The van der Waals surface area contributed by atoms with Crippen LogP contribution < -0.4 is 5.56 Å². The number of aromatic nitrogens is 5. The number of thiophene rings is 1. The number of hydrogen-bond donors (Lipinski definition) is 1. The predicted octanol–water partition coefficient (Wildman–Crippen LogP) is 2.22. The van der Waals surface area contributed by atoms with Crippen molar-refractivity contribution in [2.24, 2.45) is 0 Å². The van der Waals surface area contributed by atoms with Gasteiger partial charge in [-0.25, -0.2) is 23.4 Å². The van der Waals surface area contributed by atoms with E-state index in [1.165, 1.54) is 39.6 Å². The Morgan fingerprint density at radius 3 is 2.75 bits per heavy atom. The number of aliphatic hydroxyl groups is 1. The van der Waals surface area contributed by atoms with Gasteiger partial charge in [0.05, 0.1) is 24.8 Å². The third kappa shape index (κ3) is 3.32. The lowest BCUT2D eigenvalue weighted by Gasteiger charge is -2.29. The van der Waals surface area contributed by atoms with Crippen molar-refractivity contribution in [3.05, 3.63) is 75.7 Å². The minimum atomic E-state index is -1.89. The van der Waals surface area contributed by atoms with Crippen LogP contribution in [0.15, 0.2) is 48.0 Å². The molecule has 0 radical (unpaired) electrons. The van der Waals surface area contributed by atoms with Crippen LogP contribution in [0.3, 0.4) is 0 Å². The zero-order chi connectivity index (χ0) is 19.9. The number of fused-ring (bicyclic) bond motifs is 1. The highest BCUT2D eigenvalue weighted by Gasteiger charge is 2.34.